The molecule has 0 aliphatic heterocycles. The fourth-order valence-corrected chi connectivity index (χ4v) is 4.77. The van der Waals surface area contributed by atoms with Crippen LogP contribution in [0.5, 0.6) is 0 Å². The molecule has 3 aromatic carbocycles. The van der Waals surface area contributed by atoms with Gasteiger partial charge in [-0.2, -0.15) is 0 Å². The number of hydrogen-bond acceptors (Lipinski definition) is 0. The van der Waals surface area contributed by atoms with Crippen LogP contribution < -0.4 is 0 Å². The zero-order valence-electron chi connectivity index (χ0n) is 15.0. The van der Waals surface area contributed by atoms with Crippen molar-refractivity contribution in [3.8, 4) is 11.1 Å². The predicted octanol–water partition coefficient (Wildman–Crippen LogP) is 6.27. The summed E-state index contributed by atoms with van der Waals surface area (Å²) in [5.74, 6) is 0.829. The Morgan fingerprint density at radius 2 is 1.58 bits per heavy atom. The largest absolute Gasteiger partial charge is 0.0835 e. The first-order valence-corrected chi connectivity index (χ1v) is 9.59. The first-order valence-electron chi connectivity index (χ1n) is 9.59. The van der Waals surface area contributed by atoms with E-state index in [1.807, 2.05) is 0 Å². The van der Waals surface area contributed by atoms with E-state index in [2.05, 4.69) is 85.8 Å². The summed E-state index contributed by atoms with van der Waals surface area (Å²) in [5.41, 5.74) is 10.3. The molecule has 2 aliphatic rings. The van der Waals surface area contributed by atoms with Crippen LogP contribution in [0.2, 0.25) is 0 Å². The van der Waals surface area contributed by atoms with E-state index < -0.39 is 0 Å². The van der Waals surface area contributed by atoms with Crippen molar-refractivity contribution in [3.05, 3.63) is 114 Å². The summed E-state index contributed by atoms with van der Waals surface area (Å²) in [4.78, 5) is 0. The van der Waals surface area contributed by atoms with E-state index in [0.717, 1.165) is 19.3 Å². The van der Waals surface area contributed by atoms with Gasteiger partial charge in [0.2, 0.25) is 0 Å². The summed E-state index contributed by atoms with van der Waals surface area (Å²) in [5, 5.41) is 0. The fourth-order valence-electron chi connectivity index (χ4n) is 4.77. The molecule has 2 aliphatic carbocycles. The molecular formula is C26H23. The molecule has 3 aromatic rings. The monoisotopic (exact) mass is 335 g/mol. The van der Waals surface area contributed by atoms with Crippen molar-refractivity contribution >= 4 is 0 Å². The van der Waals surface area contributed by atoms with E-state index in [9.17, 15) is 0 Å². The maximum absolute atomic E-state index is 4.33. The summed E-state index contributed by atoms with van der Waals surface area (Å²) in [7, 11) is 0. The van der Waals surface area contributed by atoms with Gasteiger partial charge in [-0.05, 0) is 71.0 Å². The average Bonchev–Trinajstić information content (AvgIpc) is 2.69. The van der Waals surface area contributed by atoms with Crippen molar-refractivity contribution in [1.29, 1.82) is 0 Å². The highest BCUT2D eigenvalue weighted by atomic mass is 14.3. The first kappa shape index (κ1) is 15.6. The molecule has 0 bridgehead atoms. The van der Waals surface area contributed by atoms with Crippen LogP contribution in [0, 0.1) is 6.92 Å². The molecule has 2 unspecified atom stereocenters. The van der Waals surface area contributed by atoms with E-state index in [-0.39, 0.29) is 5.92 Å². The summed E-state index contributed by atoms with van der Waals surface area (Å²) in [6.07, 6.45) is 7.82. The normalized spacial score (nSPS) is 20.2. The predicted molar refractivity (Wildman–Crippen MR) is 109 cm³/mol. The highest BCUT2D eigenvalue weighted by Crippen LogP contribution is 2.44. The van der Waals surface area contributed by atoms with Crippen LogP contribution in [0.4, 0.5) is 0 Å². The van der Waals surface area contributed by atoms with E-state index >= 15 is 0 Å². The zero-order chi connectivity index (χ0) is 17.5. The van der Waals surface area contributed by atoms with Crippen molar-refractivity contribution in [2.24, 2.45) is 0 Å². The van der Waals surface area contributed by atoms with E-state index in [4.69, 9.17) is 0 Å². The van der Waals surface area contributed by atoms with Gasteiger partial charge in [-0.1, -0.05) is 78.9 Å². The maximum atomic E-state index is 4.33. The van der Waals surface area contributed by atoms with Crippen LogP contribution in [0.15, 0.2) is 78.9 Å². The number of hydrogen-bond donors (Lipinski definition) is 0. The molecule has 0 nitrogen and oxygen atoms in total. The van der Waals surface area contributed by atoms with Gasteiger partial charge < -0.3 is 0 Å². The Morgan fingerprint density at radius 3 is 2.46 bits per heavy atom. The number of fused-ring (bicyclic) bond motifs is 5. The summed E-state index contributed by atoms with van der Waals surface area (Å²) < 4.78 is 0. The molecule has 0 fully saturated rings. The van der Waals surface area contributed by atoms with Gasteiger partial charge in [0.1, 0.15) is 0 Å². The van der Waals surface area contributed by atoms with Gasteiger partial charge >= 0.3 is 0 Å². The van der Waals surface area contributed by atoms with E-state index in [1.54, 1.807) is 5.56 Å². The number of allylic oxidation sites excluding steroid dienone is 2. The van der Waals surface area contributed by atoms with Gasteiger partial charge in [-0.15, -0.1) is 0 Å². The summed E-state index contributed by atoms with van der Waals surface area (Å²) in [6, 6.07) is 24.6. The molecule has 0 heteroatoms. The van der Waals surface area contributed by atoms with Gasteiger partial charge in [0, 0.05) is 5.92 Å². The maximum Gasteiger partial charge on any atom is 0.00213 e. The van der Waals surface area contributed by atoms with Gasteiger partial charge in [0.05, 0.1) is 0 Å². The standard InChI is InChI=1S/C26H23/c1-18-8-7-13-23-21(18)14-15-25-24-12-6-5-11-22(24)20(17-26(23)25)16-19-9-3-2-4-10-19/h2-12,14-15,18,20H,1,13,16-17H2. The first-order chi connectivity index (χ1) is 12.8. The SMILES string of the molecule is [CH2]C1C=CCc2c1ccc1c2CC(Cc2ccccc2)c2ccccc2-1. The van der Waals surface area contributed by atoms with Crippen LogP contribution in [0.3, 0.4) is 0 Å². The topological polar surface area (TPSA) is 0 Å². The van der Waals surface area contributed by atoms with Crippen molar-refractivity contribution in [2.45, 2.75) is 31.1 Å². The lowest BCUT2D eigenvalue weighted by molar-refractivity contribution is 0.667. The highest BCUT2D eigenvalue weighted by Gasteiger charge is 2.28. The quantitative estimate of drug-likeness (QED) is 0.484. The van der Waals surface area contributed by atoms with Crippen molar-refractivity contribution < 1.29 is 0 Å². The van der Waals surface area contributed by atoms with Crippen LogP contribution >= 0.6 is 0 Å². The Balaban J connectivity index is 1.64. The molecule has 0 saturated carbocycles. The second kappa shape index (κ2) is 6.29. The molecule has 127 valence electrons. The van der Waals surface area contributed by atoms with Gasteiger partial charge in [-0.25, -0.2) is 0 Å². The molecular weight excluding hydrogens is 312 g/mol. The zero-order valence-corrected chi connectivity index (χ0v) is 15.0. The van der Waals surface area contributed by atoms with Gasteiger partial charge in [0.15, 0.2) is 0 Å². The van der Waals surface area contributed by atoms with Crippen LogP contribution in [-0.4, -0.2) is 0 Å². The third-order valence-electron chi connectivity index (χ3n) is 6.02. The minimum atomic E-state index is 0.286. The molecule has 0 heterocycles. The molecule has 0 saturated heterocycles. The van der Waals surface area contributed by atoms with Crippen molar-refractivity contribution in [1.82, 2.24) is 0 Å². The third kappa shape index (κ3) is 2.52. The lowest BCUT2D eigenvalue weighted by atomic mass is 9.72. The summed E-state index contributed by atoms with van der Waals surface area (Å²) in [6.45, 7) is 4.33. The minimum absolute atomic E-state index is 0.286. The molecule has 26 heavy (non-hydrogen) atoms. The Bertz CT molecular complexity index is 978. The number of rotatable bonds is 2. The Morgan fingerprint density at radius 1 is 0.769 bits per heavy atom. The van der Waals surface area contributed by atoms with Crippen molar-refractivity contribution in [3.63, 3.8) is 0 Å². The van der Waals surface area contributed by atoms with Gasteiger partial charge in [-0.3, -0.25) is 0 Å². The van der Waals surface area contributed by atoms with Crippen molar-refractivity contribution in [2.75, 3.05) is 0 Å². The van der Waals surface area contributed by atoms with Crippen LogP contribution in [0.1, 0.15) is 39.7 Å². The second-order valence-electron chi connectivity index (χ2n) is 7.58. The Hall–Kier alpha value is -2.60. The van der Waals surface area contributed by atoms with E-state index in [1.165, 1.54) is 33.4 Å². The Labute approximate surface area is 156 Å². The van der Waals surface area contributed by atoms with E-state index in [0.29, 0.717) is 5.92 Å². The molecule has 0 aromatic heterocycles. The fraction of sp³-hybridized carbons (Fsp3) is 0.192. The highest BCUT2D eigenvalue weighted by molar-refractivity contribution is 5.76. The summed E-state index contributed by atoms with van der Waals surface area (Å²) >= 11 is 0. The van der Waals surface area contributed by atoms with Gasteiger partial charge in [0.25, 0.3) is 0 Å². The molecule has 5 rings (SSSR count). The van der Waals surface area contributed by atoms with Crippen LogP contribution in [0.25, 0.3) is 11.1 Å². The second-order valence-corrected chi connectivity index (χ2v) is 7.58. The third-order valence-corrected chi connectivity index (χ3v) is 6.02. The Kier molecular flexibility index (Phi) is 3.78. The van der Waals surface area contributed by atoms with Crippen LogP contribution in [-0.2, 0) is 19.3 Å². The lowest BCUT2D eigenvalue weighted by Crippen LogP contribution is -2.17. The molecule has 0 spiro atoms. The molecule has 0 amide bonds. The average molecular weight is 335 g/mol. The number of benzene rings is 3. The molecule has 0 N–H and O–H groups in total. The minimum Gasteiger partial charge on any atom is -0.0835 e. The molecule has 1 radical (unpaired) electrons. The molecule has 2 atom stereocenters. The lowest BCUT2D eigenvalue weighted by Gasteiger charge is -2.32. The smallest absolute Gasteiger partial charge is 0.00213 e.